The van der Waals surface area contributed by atoms with Gasteiger partial charge in [0.15, 0.2) is 0 Å². The zero-order valence-electron chi connectivity index (χ0n) is 9.04. The predicted molar refractivity (Wildman–Crippen MR) is 59.1 cm³/mol. The van der Waals surface area contributed by atoms with Gasteiger partial charge < -0.3 is 10.1 Å². The highest BCUT2D eigenvalue weighted by Gasteiger charge is 2.23. The molecule has 1 aromatic carbocycles. The van der Waals surface area contributed by atoms with Crippen LogP contribution < -0.4 is 10.1 Å². The van der Waals surface area contributed by atoms with E-state index in [1.807, 2.05) is 25.1 Å². The summed E-state index contributed by atoms with van der Waals surface area (Å²) in [6.07, 6.45) is 2.73. The fraction of sp³-hybridized carbons (Fsp3) is 0.417. The summed E-state index contributed by atoms with van der Waals surface area (Å²) in [4.78, 5) is 10.9. The Morgan fingerprint density at radius 3 is 2.73 bits per heavy atom. The number of amides is 1. The van der Waals surface area contributed by atoms with Crippen LogP contribution in [0.4, 0.5) is 5.69 Å². The first-order valence-corrected chi connectivity index (χ1v) is 5.20. The molecule has 1 aliphatic carbocycles. The van der Waals surface area contributed by atoms with Gasteiger partial charge in [0, 0.05) is 12.6 Å². The number of hydrogen-bond acceptors (Lipinski definition) is 2. The van der Waals surface area contributed by atoms with E-state index in [9.17, 15) is 4.79 Å². The van der Waals surface area contributed by atoms with Gasteiger partial charge in [-0.3, -0.25) is 4.79 Å². The van der Waals surface area contributed by atoms with E-state index in [0.29, 0.717) is 6.10 Å². The SMILES string of the molecule is CC(=O)Nc1ccc(OC2CC2)cc1C. The largest absolute Gasteiger partial charge is 0.490 e. The lowest BCUT2D eigenvalue weighted by Crippen LogP contribution is -2.07. The topological polar surface area (TPSA) is 38.3 Å². The van der Waals surface area contributed by atoms with Crippen LogP contribution in [0.15, 0.2) is 18.2 Å². The summed E-state index contributed by atoms with van der Waals surface area (Å²) in [5, 5.41) is 2.77. The van der Waals surface area contributed by atoms with Crippen molar-refractivity contribution in [3.63, 3.8) is 0 Å². The van der Waals surface area contributed by atoms with Crippen molar-refractivity contribution < 1.29 is 9.53 Å². The number of anilines is 1. The quantitative estimate of drug-likeness (QED) is 0.823. The molecule has 0 atom stereocenters. The number of hydrogen-bond donors (Lipinski definition) is 1. The van der Waals surface area contributed by atoms with E-state index < -0.39 is 0 Å². The second-order valence-electron chi connectivity index (χ2n) is 3.98. The smallest absolute Gasteiger partial charge is 0.221 e. The van der Waals surface area contributed by atoms with Gasteiger partial charge in [-0.15, -0.1) is 0 Å². The fourth-order valence-corrected chi connectivity index (χ4v) is 1.42. The van der Waals surface area contributed by atoms with Gasteiger partial charge in [-0.1, -0.05) is 0 Å². The van der Waals surface area contributed by atoms with Gasteiger partial charge in [0.2, 0.25) is 5.91 Å². The number of nitrogens with one attached hydrogen (secondary N) is 1. The lowest BCUT2D eigenvalue weighted by atomic mass is 10.2. The minimum Gasteiger partial charge on any atom is -0.490 e. The Hall–Kier alpha value is -1.51. The number of benzene rings is 1. The molecule has 0 unspecified atom stereocenters. The number of carbonyl (C=O) groups excluding carboxylic acids is 1. The van der Waals surface area contributed by atoms with Gasteiger partial charge in [0.05, 0.1) is 6.10 Å². The van der Waals surface area contributed by atoms with Crippen LogP contribution in [0.2, 0.25) is 0 Å². The summed E-state index contributed by atoms with van der Waals surface area (Å²) >= 11 is 0. The normalized spacial score (nSPS) is 14.8. The molecular formula is C12H15NO2. The maximum absolute atomic E-state index is 10.9. The molecule has 0 spiro atoms. The minimum atomic E-state index is -0.0473. The van der Waals surface area contributed by atoms with Gasteiger partial charge in [0.1, 0.15) is 5.75 Å². The molecule has 2 rings (SSSR count). The minimum absolute atomic E-state index is 0.0473. The van der Waals surface area contributed by atoms with Crippen LogP contribution in [0.3, 0.4) is 0 Å². The van der Waals surface area contributed by atoms with Crippen LogP contribution >= 0.6 is 0 Å². The second kappa shape index (κ2) is 3.93. The third-order valence-electron chi connectivity index (χ3n) is 2.34. The average molecular weight is 205 g/mol. The van der Waals surface area contributed by atoms with Crippen LogP contribution in [-0.2, 0) is 4.79 Å². The Kier molecular flexibility index (Phi) is 2.62. The Bertz CT molecular complexity index is 383. The summed E-state index contributed by atoms with van der Waals surface area (Å²) in [6, 6.07) is 5.74. The van der Waals surface area contributed by atoms with E-state index >= 15 is 0 Å². The Morgan fingerprint density at radius 2 is 2.20 bits per heavy atom. The van der Waals surface area contributed by atoms with Crippen molar-refractivity contribution >= 4 is 11.6 Å². The predicted octanol–water partition coefficient (Wildman–Crippen LogP) is 2.49. The van der Waals surface area contributed by atoms with E-state index in [0.717, 1.165) is 29.8 Å². The molecule has 1 amide bonds. The molecule has 0 bridgehead atoms. The highest BCUT2D eigenvalue weighted by atomic mass is 16.5. The molecule has 0 radical (unpaired) electrons. The van der Waals surface area contributed by atoms with Crippen molar-refractivity contribution in [1.29, 1.82) is 0 Å². The molecule has 1 N–H and O–H groups in total. The van der Waals surface area contributed by atoms with E-state index in [1.165, 1.54) is 6.92 Å². The first-order valence-electron chi connectivity index (χ1n) is 5.20. The summed E-state index contributed by atoms with van der Waals surface area (Å²) in [5.74, 6) is 0.845. The van der Waals surface area contributed by atoms with Crippen molar-refractivity contribution in [2.24, 2.45) is 0 Å². The van der Waals surface area contributed by atoms with Crippen molar-refractivity contribution in [2.45, 2.75) is 32.8 Å². The number of ether oxygens (including phenoxy) is 1. The van der Waals surface area contributed by atoms with Crippen molar-refractivity contribution in [3.05, 3.63) is 23.8 Å². The monoisotopic (exact) mass is 205 g/mol. The van der Waals surface area contributed by atoms with Crippen LogP contribution in [0, 0.1) is 6.92 Å². The van der Waals surface area contributed by atoms with Gasteiger partial charge in [-0.25, -0.2) is 0 Å². The molecule has 1 aliphatic rings. The number of aryl methyl sites for hydroxylation is 1. The van der Waals surface area contributed by atoms with Crippen LogP contribution in [0.25, 0.3) is 0 Å². The van der Waals surface area contributed by atoms with Gasteiger partial charge in [-0.05, 0) is 43.5 Å². The molecule has 3 nitrogen and oxygen atoms in total. The van der Waals surface area contributed by atoms with E-state index in [2.05, 4.69) is 5.32 Å². The second-order valence-corrected chi connectivity index (χ2v) is 3.98. The standard InChI is InChI=1S/C12H15NO2/c1-8-7-11(15-10-3-4-10)5-6-12(8)13-9(2)14/h5-7,10H,3-4H2,1-2H3,(H,13,14). The van der Waals surface area contributed by atoms with E-state index in [4.69, 9.17) is 4.74 Å². The molecule has 0 heterocycles. The number of carbonyl (C=O) groups is 1. The first kappa shape index (κ1) is 10.0. The molecular weight excluding hydrogens is 190 g/mol. The molecule has 1 aromatic rings. The fourth-order valence-electron chi connectivity index (χ4n) is 1.42. The van der Waals surface area contributed by atoms with Crippen molar-refractivity contribution in [2.75, 3.05) is 5.32 Å². The number of rotatable bonds is 3. The molecule has 0 aliphatic heterocycles. The highest BCUT2D eigenvalue weighted by molar-refractivity contribution is 5.89. The van der Waals surface area contributed by atoms with Crippen LogP contribution in [0.1, 0.15) is 25.3 Å². The Labute approximate surface area is 89.4 Å². The van der Waals surface area contributed by atoms with Gasteiger partial charge in [-0.2, -0.15) is 0 Å². The molecule has 3 heteroatoms. The van der Waals surface area contributed by atoms with E-state index in [-0.39, 0.29) is 5.91 Å². The lowest BCUT2D eigenvalue weighted by Gasteiger charge is -2.09. The molecule has 80 valence electrons. The third-order valence-corrected chi connectivity index (χ3v) is 2.34. The summed E-state index contributed by atoms with van der Waals surface area (Å²) in [5.41, 5.74) is 1.88. The van der Waals surface area contributed by atoms with Crippen LogP contribution in [-0.4, -0.2) is 12.0 Å². The summed E-state index contributed by atoms with van der Waals surface area (Å²) in [7, 11) is 0. The van der Waals surface area contributed by atoms with Gasteiger partial charge in [0.25, 0.3) is 0 Å². The molecule has 1 saturated carbocycles. The zero-order valence-corrected chi connectivity index (χ0v) is 9.04. The summed E-state index contributed by atoms with van der Waals surface area (Å²) < 4.78 is 5.65. The summed E-state index contributed by atoms with van der Waals surface area (Å²) in [6.45, 7) is 3.47. The Morgan fingerprint density at radius 1 is 1.47 bits per heavy atom. The first-order chi connectivity index (χ1) is 7.15. The molecule has 1 fully saturated rings. The van der Waals surface area contributed by atoms with Gasteiger partial charge >= 0.3 is 0 Å². The molecule has 15 heavy (non-hydrogen) atoms. The Balaban J connectivity index is 2.10. The zero-order chi connectivity index (χ0) is 10.8. The maximum atomic E-state index is 10.9. The van der Waals surface area contributed by atoms with E-state index in [1.54, 1.807) is 0 Å². The average Bonchev–Trinajstić information content (AvgIpc) is 2.93. The van der Waals surface area contributed by atoms with Crippen molar-refractivity contribution in [1.82, 2.24) is 0 Å². The van der Waals surface area contributed by atoms with Crippen molar-refractivity contribution in [3.8, 4) is 5.75 Å². The molecule has 0 aromatic heterocycles. The highest BCUT2D eigenvalue weighted by Crippen LogP contribution is 2.29. The third kappa shape index (κ3) is 2.72. The van der Waals surface area contributed by atoms with Crippen LogP contribution in [0.5, 0.6) is 5.75 Å². The lowest BCUT2D eigenvalue weighted by molar-refractivity contribution is -0.114. The molecule has 0 saturated heterocycles. The maximum Gasteiger partial charge on any atom is 0.221 e.